The van der Waals surface area contributed by atoms with Crippen LogP contribution in [0.5, 0.6) is 0 Å². The quantitative estimate of drug-likeness (QED) is 0.0928. The maximum absolute atomic E-state index is 13.9. The molecule has 0 aliphatic heterocycles. The Kier molecular flexibility index (Phi) is 16.7. The van der Waals surface area contributed by atoms with Gasteiger partial charge in [0.1, 0.15) is 0 Å². The summed E-state index contributed by atoms with van der Waals surface area (Å²) >= 11 is 6.82. The third-order valence-electron chi connectivity index (χ3n) is 11.4. The summed E-state index contributed by atoms with van der Waals surface area (Å²) in [5.41, 5.74) is 5.82. The molecule has 8 rings (SSSR count). The zero-order valence-electron chi connectivity index (χ0n) is 37.1. The predicted molar refractivity (Wildman–Crippen MR) is 277 cm³/mol. The molecule has 8 aromatic carbocycles. The van der Waals surface area contributed by atoms with E-state index in [9.17, 15) is 26.4 Å². The standard InChI is InChI=1S/2C28H24BrNO3S/c2*1-20-12-18-25(19-13-20)34(32,33)30-27(22-10-6-3-7-11-22)26(21-8-4-2-5-9-21)28(31)23-14-16-24(29)17-15-23/h2*2-19,26-27,30H,1H3/t2*26-,27+/m00/s1. The maximum atomic E-state index is 13.9. The molecule has 344 valence electrons. The van der Waals surface area contributed by atoms with E-state index in [0.717, 1.165) is 31.2 Å². The first-order valence-corrected chi connectivity index (χ1v) is 26.2. The number of sulfonamides is 2. The number of hydrogen-bond donors (Lipinski definition) is 2. The van der Waals surface area contributed by atoms with Crippen LogP contribution in [0.25, 0.3) is 0 Å². The number of hydrogen-bond acceptors (Lipinski definition) is 6. The van der Waals surface area contributed by atoms with Crippen molar-refractivity contribution >= 4 is 63.5 Å². The van der Waals surface area contributed by atoms with Crippen LogP contribution in [-0.4, -0.2) is 28.4 Å². The Hall–Kier alpha value is -6.12. The van der Waals surface area contributed by atoms with Gasteiger partial charge >= 0.3 is 0 Å². The Bertz CT molecular complexity index is 2930. The number of Topliss-reactive ketones (excluding diaryl/α,β-unsaturated/α-hetero) is 2. The largest absolute Gasteiger partial charge is 0.293 e. The number of carbonyl (C=O) groups is 2. The zero-order valence-corrected chi connectivity index (χ0v) is 41.9. The highest BCUT2D eigenvalue weighted by molar-refractivity contribution is 9.10. The van der Waals surface area contributed by atoms with Gasteiger partial charge in [0.15, 0.2) is 11.6 Å². The molecule has 0 radical (unpaired) electrons. The van der Waals surface area contributed by atoms with Crippen molar-refractivity contribution in [3.05, 3.63) is 272 Å². The minimum absolute atomic E-state index is 0.155. The van der Waals surface area contributed by atoms with Gasteiger partial charge in [-0.1, -0.05) is 213 Å². The summed E-state index contributed by atoms with van der Waals surface area (Å²) in [7, 11) is -7.82. The highest BCUT2D eigenvalue weighted by Crippen LogP contribution is 2.37. The van der Waals surface area contributed by atoms with Gasteiger partial charge in [-0.15, -0.1) is 0 Å². The van der Waals surface area contributed by atoms with Gasteiger partial charge in [-0.25, -0.2) is 26.3 Å². The minimum atomic E-state index is -3.91. The van der Waals surface area contributed by atoms with Crippen molar-refractivity contribution in [3.8, 4) is 0 Å². The Balaban J connectivity index is 0.000000201. The van der Waals surface area contributed by atoms with Crippen LogP contribution in [0.3, 0.4) is 0 Å². The van der Waals surface area contributed by atoms with Gasteiger partial charge < -0.3 is 0 Å². The van der Waals surface area contributed by atoms with Gasteiger partial charge in [-0.3, -0.25) is 9.59 Å². The summed E-state index contributed by atoms with van der Waals surface area (Å²) in [6.07, 6.45) is 0. The molecule has 0 saturated carbocycles. The molecule has 2 N–H and O–H groups in total. The Morgan fingerprint density at radius 1 is 0.368 bits per heavy atom. The molecule has 0 aliphatic rings. The molecule has 0 heterocycles. The van der Waals surface area contributed by atoms with Crippen molar-refractivity contribution in [1.29, 1.82) is 0 Å². The topological polar surface area (TPSA) is 126 Å². The van der Waals surface area contributed by atoms with Crippen molar-refractivity contribution in [2.45, 2.75) is 47.6 Å². The molecule has 0 saturated heterocycles. The monoisotopic (exact) mass is 1070 g/mol. The van der Waals surface area contributed by atoms with E-state index in [1.807, 2.05) is 159 Å². The fraction of sp³-hybridized carbons (Fsp3) is 0.107. The number of nitrogens with one attached hydrogen (secondary N) is 2. The third kappa shape index (κ3) is 12.7. The molecular weight excluding hydrogens is 1020 g/mol. The lowest BCUT2D eigenvalue weighted by Crippen LogP contribution is -2.36. The highest BCUT2D eigenvalue weighted by atomic mass is 79.9. The normalized spacial score (nSPS) is 13.2. The van der Waals surface area contributed by atoms with Crippen molar-refractivity contribution in [2.75, 3.05) is 0 Å². The molecule has 8 nitrogen and oxygen atoms in total. The van der Waals surface area contributed by atoms with E-state index < -0.39 is 44.0 Å². The van der Waals surface area contributed by atoms with Gasteiger partial charge in [0, 0.05) is 20.1 Å². The number of ketones is 2. The van der Waals surface area contributed by atoms with Gasteiger partial charge in [-0.2, -0.15) is 0 Å². The molecular formula is C56H48Br2N2O6S2. The fourth-order valence-electron chi connectivity index (χ4n) is 7.78. The van der Waals surface area contributed by atoms with E-state index in [1.54, 1.807) is 72.8 Å². The Morgan fingerprint density at radius 2 is 0.632 bits per heavy atom. The molecule has 0 bridgehead atoms. The molecule has 12 heteroatoms. The van der Waals surface area contributed by atoms with Crippen LogP contribution in [0.1, 0.15) is 78.0 Å². The summed E-state index contributed by atoms with van der Waals surface area (Å²) < 4.78 is 61.2. The second-order valence-electron chi connectivity index (χ2n) is 16.2. The van der Waals surface area contributed by atoms with Gasteiger partial charge in [-0.05, 0) is 84.6 Å². The first-order chi connectivity index (χ1) is 32.7. The maximum Gasteiger partial charge on any atom is 0.241 e. The molecule has 8 aromatic rings. The molecule has 4 atom stereocenters. The van der Waals surface area contributed by atoms with E-state index >= 15 is 0 Å². The Morgan fingerprint density at radius 3 is 0.912 bits per heavy atom. The average Bonchev–Trinajstić information content (AvgIpc) is 3.35. The van der Waals surface area contributed by atoms with Crippen LogP contribution in [-0.2, 0) is 20.0 Å². The summed E-state index contributed by atoms with van der Waals surface area (Å²) in [6.45, 7) is 3.80. The smallest absolute Gasteiger partial charge is 0.241 e. The molecule has 0 aromatic heterocycles. The fourth-order valence-corrected chi connectivity index (χ4v) is 10.8. The molecule has 0 spiro atoms. The third-order valence-corrected chi connectivity index (χ3v) is 15.3. The van der Waals surface area contributed by atoms with Crippen molar-refractivity contribution < 1.29 is 26.4 Å². The number of benzene rings is 8. The van der Waals surface area contributed by atoms with Crippen molar-refractivity contribution in [3.63, 3.8) is 0 Å². The number of rotatable bonds is 16. The van der Waals surface area contributed by atoms with Gasteiger partial charge in [0.2, 0.25) is 20.0 Å². The summed E-state index contributed by atoms with van der Waals surface area (Å²) in [6, 6.07) is 63.0. The number of aryl methyl sites for hydroxylation is 2. The van der Waals surface area contributed by atoms with Crippen molar-refractivity contribution in [2.24, 2.45) is 0 Å². The van der Waals surface area contributed by atoms with E-state index in [0.29, 0.717) is 22.3 Å². The van der Waals surface area contributed by atoms with E-state index in [4.69, 9.17) is 0 Å². The first kappa shape index (κ1) is 49.8. The van der Waals surface area contributed by atoms with E-state index in [-0.39, 0.29) is 21.4 Å². The van der Waals surface area contributed by atoms with E-state index in [1.165, 1.54) is 0 Å². The van der Waals surface area contributed by atoms with E-state index in [2.05, 4.69) is 41.3 Å². The SMILES string of the molecule is Cc1ccc(S(=O)(=O)N[C@H](c2ccccc2)[C@@H](C(=O)c2ccc(Br)cc2)c2ccccc2)cc1.Cc1ccc(S(=O)(=O)N[C@H](c2ccccc2)[C@@H](C(=O)c2ccc(Br)cc2)c2ccccc2)cc1. The minimum Gasteiger partial charge on any atom is -0.293 e. The Labute approximate surface area is 415 Å². The lowest BCUT2D eigenvalue weighted by molar-refractivity contribution is 0.0936. The lowest BCUT2D eigenvalue weighted by atomic mass is 9.82. The van der Waals surface area contributed by atoms with Gasteiger partial charge in [0.25, 0.3) is 0 Å². The van der Waals surface area contributed by atoms with Gasteiger partial charge in [0.05, 0.1) is 33.7 Å². The lowest BCUT2D eigenvalue weighted by Gasteiger charge is -2.28. The molecule has 0 amide bonds. The zero-order chi connectivity index (χ0) is 48.3. The average molecular weight is 1070 g/mol. The molecule has 0 unspecified atom stereocenters. The second-order valence-corrected chi connectivity index (χ2v) is 21.4. The van der Waals surface area contributed by atoms with Crippen LogP contribution in [0, 0.1) is 13.8 Å². The second kappa shape index (κ2) is 22.8. The van der Waals surface area contributed by atoms with Crippen molar-refractivity contribution in [1.82, 2.24) is 9.44 Å². The highest BCUT2D eigenvalue weighted by Gasteiger charge is 2.37. The summed E-state index contributed by atoms with van der Waals surface area (Å²) in [4.78, 5) is 28.1. The molecule has 0 fully saturated rings. The van der Waals surface area contributed by atoms with Crippen LogP contribution < -0.4 is 9.44 Å². The van der Waals surface area contributed by atoms with Crippen LogP contribution >= 0.6 is 31.9 Å². The van der Waals surface area contributed by atoms with Crippen LogP contribution in [0.4, 0.5) is 0 Å². The molecule has 68 heavy (non-hydrogen) atoms. The molecule has 0 aliphatic carbocycles. The van der Waals surface area contributed by atoms with Crippen LogP contribution in [0.15, 0.2) is 237 Å². The van der Waals surface area contributed by atoms with Crippen LogP contribution in [0.2, 0.25) is 0 Å². The first-order valence-electron chi connectivity index (χ1n) is 21.7. The predicted octanol–water partition coefficient (Wildman–Crippen LogP) is 12.9. The number of halogens is 2. The summed E-state index contributed by atoms with van der Waals surface area (Å²) in [5, 5.41) is 0. The number of carbonyl (C=O) groups excluding carboxylic acids is 2. The summed E-state index contributed by atoms with van der Waals surface area (Å²) in [5.74, 6) is -1.88.